The molecule has 0 aromatic heterocycles. The van der Waals surface area contributed by atoms with Crippen LogP contribution in [0.5, 0.6) is 5.75 Å². The second-order valence-electron chi connectivity index (χ2n) is 6.97. The summed E-state index contributed by atoms with van der Waals surface area (Å²) in [6.07, 6.45) is 1.96. The highest BCUT2D eigenvalue weighted by Crippen LogP contribution is 2.36. The number of rotatable bonds is 6. The summed E-state index contributed by atoms with van der Waals surface area (Å²) in [7, 11) is 0. The lowest BCUT2D eigenvalue weighted by Gasteiger charge is -2.36. The second kappa shape index (κ2) is 8.97. The van der Waals surface area contributed by atoms with Gasteiger partial charge in [0.15, 0.2) is 5.75 Å². The van der Waals surface area contributed by atoms with E-state index < -0.39 is 6.03 Å². The first kappa shape index (κ1) is 20.1. The van der Waals surface area contributed by atoms with Gasteiger partial charge in [-0.2, -0.15) is 0 Å². The van der Waals surface area contributed by atoms with Gasteiger partial charge in [0.1, 0.15) is 6.61 Å². The fourth-order valence-electron chi connectivity index (χ4n) is 3.09. The highest BCUT2D eigenvalue weighted by molar-refractivity contribution is 6.37. The van der Waals surface area contributed by atoms with E-state index in [0.29, 0.717) is 28.3 Å². The van der Waals surface area contributed by atoms with E-state index in [1.54, 1.807) is 0 Å². The second-order valence-corrected chi connectivity index (χ2v) is 7.79. The number of nitrogens with one attached hydrogen (secondary N) is 1. The summed E-state index contributed by atoms with van der Waals surface area (Å²) in [4.78, 5) is 13.3. The molecule has 2 atom stereocenters. The molecule has 1 aliphatic rings. The number of urea groups is 1. The Labute approximate surface area is 159 Å². The van der Waals surface area contributed by atoms with Gasteiger partial charge in [-0.15, -0.1) is 0 Å². The van der Waals surface area contributed by atoms with Gasteiger partial charge >= 0.3 is 6.03 Å². The Morgan fingerprint density at radius 3 is 2.56 bits per heavy atom. The van der Waals surface area contributed by atoms with Gasteiger partial charge in [-0.25, -0.2) is 4.79 Å². The number of hydrogen-bond acceptors (Lipinski definition) is 3. The average molecular weight is 388 g/mol. The fourth-order valence-corrected chi connectivity index (χ4v) is 3.70. The summed E-state index contributed by atoms with van der Waals surface area (Å²) in [5.41, 5.74) is 6.31. The molecule has 7 heteroatoms. The van der Waals surface area contributed by atoms with Crippen LogP contribution in [0.2, 0.25) is 10.0 Å². The number of piperidine rings is 1. The summed E-state index contributed by atoms with van der Waals surface area (Å²) in [5, 5.41) is 3.86. The first-order valence-electron chi connectivity index (χ1n) is 8.69. The van der Waals surface area contributed by atoms with Crippen LogP contribution in [-0.2, 0) is 0 Å². The predicted octanol–water partition coefficient (Wildman–Crippen LogP) is 4.02. The fraction of sp³-hybridized carbons (Fsp3) is 0.611. The Hall–Kier alpha value is -1.17. The number of carbonyl (C=O) groups excluding carboxylic acids is 1. The molecule has 1 fully saturated rings. The molecule has 3 N–H and O–H groups in total. The van der Waals surface area contributed by atoms with Crippen LogP contribution in [0.1, 0.15) is 45.1 Å². The molecule has 0 spiro atoms. The van der Waals surface area contributed by atoms with Gasteiger partial charge in [-0.3, -0.25) is 4.90 Å². The Kier molecular flexibility index (Phi) is 7.23. The summed E-state index contributed by atoms with van der Waals surface area (Å²) in [5.74, 6) is 0.884. The van der Waals surface area contributed by atoms with Crippen LogP contribution >= 0.6 is 23.2 Å². The van der Waals surface area contributed by atoms with Crippen molar-refractivity contribution in [3.8, 4) is 5.75 Å². The predicted molar refractivity (Wildman–Crippen MR) is 103 cm³/mol. The Morgan fingerprint density at radius 2 is 2.00 bits per heavy atom. The minimum Gasteiger partial charge on any atom is -0.489 e. The number of carbonyl (C=O) groups is 1. The number of nitrogens with two attached hydrogens (primary N) is 1. The van der Waals surface area contributed by atoms with Crippen LogP contribution in [0.4, 0.5) is 4.79 Å². The maximum absolute atomic E-state index is 11.0. The summed E-state index contributed by atoms with van der Waals surface area (Å²) in [6.45, 7) is 8.49. The van der Waals surface area contributed by atoms with Crippen LogP contribution in [0.15, 0.2) is 12.1 Å². The molecule has 1 heterocycles. The van der Waals surface area contributed by atoms with Crippen LogP contribution in [0, 0.1) is 0 Å². The van der Waals surface area contributed by atoms with Crippen LogP contribution in [0.25, 0.3) is 0 Å². The van der Waals surface area contributed by atoms with Crippen molar-refractivity contribution >= 4 is 29.2 Å². The number of benzene rings is 1. The molecule has 2 unspecified atom stereocenters. The van der Waals surface area contributed by atoms with E-state index in [0.717, 1.165) is 31.5 Å². The van der Waals surface area contributed by atoms with Crippen molar-refractivity contribution in [1.82, 2.24) is 10.2 Å². The minimum absolute atomic E-state index is 0.0891. The van der Waals surface area contributed by atoms with Gasteiger partial charge in [0.2, 0.25) is 0 Å². The van der Waals surface area contributed by atoms with Gasteiger partial charge < -0.3 is 15.8 Å². The average Bonchev–Trinajstić information content (AvgIpc) is 2.53. The highest BCUT2D eigenvalue weighted by Gasteiger charge is 2.25. The lowest BCUT2D eigenvalue weighted by Crippen LogP contribution is -2.52. The zero-order valence-corrected chi connectivity index (χ0v) is 16.5. The molecule has 1 saturated heterocycles. The first-order chi connectivity index (χ1) is 11.8. The molecule has 0 radical (unpaired) electrons. The molecule has 2 rings (SSSR count). The van der Waals surface area contributed by atoms with E-state index >= 15 is 0 Å². The van der Waals surface area contributed by atoms with Crippen molar-refractivity contribution in [2.24, 2.45) is 5.73 Å². The van der Waals surface area contributed by atoms with Crippen LogP contribution < -0.4 is 15.8 Å². The third-order valence-corrected chi connectivity index (χ3v) is 5.14. The van der Waals surface area contributed by atoms with E-state index in [1.165, 1.54) is 0 Å². The number of ether oxygens (including phenoxy) is 1. The molecule has 1 aliphatic heterocycles. The van der Waals surface area contributed by atoms with Crippen molar-refractivity contribution in [3.63, 3.8) is 0 Å². The first-order valence-corrected chi connectivity index (χ1v) is 9.45. The van der Waals surface area contributed by atoms with Crippen molar-refractivity contribution in [1.29, 1.82) is 0 Å². The summed E-state index contributed by atoms with van der Waals surface area (Å²) < 4.78 is 5.92. The summed E-state index contributed by atoms with van der Waals surface area (Å²) in [6, 6.07) is 3.61. The van der Waals surface area contributed by atoms with E-state index in [-0.39, 0.29) is 12.1 Å². The van der Waals surface area contributed by atoms with Crippen molar-refractivity contribution < 1.29 is 9.53 Å². The molecule has 25 heavy (non-hydrogen) atoms. The maximum Gasteiger partial charge on any atom is 0.312 e. The van der Waals surface area contributed by atoms with Crippen molar-refractivity contribution in [2.75, 3.05) is 19.7 Å². The van der Waals surface area contributed by atoms with Crippen LogP contribution in [-0.4, -0.2) is 42.7 Å². The van der Waals surface area contributed by atoms with Crippen molar-refractivity contribution in [3.05, 3.63) is 27.7 Å². The van der Waals surface area contributed by atoms with Gasteiger partial charge in [-0.1, -0.05) is 37.0 Å². The lowest BCUT2D eigenvalue weighted by atomic mass is 10.0. The molecule has 5 nitrogen and oxygen atoms in total. The monoisotopic (exact) mass is 387 g/mol. The zero-order chi connectivity index (χ0) is 18.6. The number of halogens is 2. The molecule has 0 aliphatic carbocycles. The number of likely N-dealkylation sites (tertiary alicyclic amines) is 1. The molecular weight excluding hydrogens is 361 g/mol. The van der Waals surface area contributed by atoms with Gasteiger partial charge in [-0.05, 0) is 49.9 Å². The molecule has 1 aromatic carbocycles. The molecule has 1 aromatic rings. The van der Waals surface area contributed by atoms with Gasteiger partial charge in [0, 0.05) is 18.6 Å². The van der Waals surface area contributed by atoms with Gasteiger partial charge in [0.05, 0.1) is 10.0 Å². The molecule has 2 amide bonds. The Balaban J connectivity index is 1.95. The molecular formula is C18H27Cl2N3O2. The standard InChI is InChI=1S/C18H27Cl2N3O2/c1-11(2)13-7-15(19)17(16(20)8-13)25-10-12(3)23-6-4-5-14(9-23)22-18(21)24/h7-8,11-12,14H,4-6,9-10H2,1-3H3,(H3,21,22,24). The third-order valence-electron chi connectivity index (χ3n) is 4.58. The Morgan fingerprint density at radius 1 is 1.36 bits per heavy atom. The van der Waals surface area contributed by atoms with E-state index in [1.807, 2.05) is 12.1 Å². The van der Waals surface area contributed by atoms with Crippen LogP contribution in [0.3, 0.4) is 0 Å². The van der Waals surface area contributed by atoms with Crippen molar-refractivity contribution in [2.45, 2.75) is 51.6 Å². The zero-order valence-electron chi connectivity index (χ0n) is 15.0. The molecule has 0 saturated carbocycles. The normalized spacial score (nSPS) is 19.7. The van der Waals surface area contributed by atoms with E-state index in [4.69, 9.17) is 33.7 Å². The number of nitrogens with zero attached hydrogens (tertiary/aromatic N) is 1. The quantitative estimate of drug-likeness (QED) is 0.774. The largest absolute Gasteiger partial charge is 0.489 e. The van der Waals surface area contributed by atoms with Gasteiger partial charge in [0.25, 0.3) is 0 Å². The number of primary amides is 1. The smallest absolute Gasteiger partial charge is 0.312 e. The highest BCUT2D eigenvalue weighted by atomic mass is 35.5. The third kappa shape index (κ3) is 5.66. The topological polar surface area (TPSA) is 67.6 Å². The lowest BCUT2D eigenvalue weighted by molar-refractivity contribution is 0.109. The Bertz CT molecular complexity index is 587. The number of amides is 2. The number of hydrogen-bond donors (Lipinski definition) is 2. The maximum atomic E-state index is 11.0. The summed E-state index contributed by atoms with van der Waals surface area (Å²) >= 11 is 12.7. The van der Waals surface area contributed by atoms with E-state index in [9.17, 15) is 4.79 Å². The molecule has 140 valence electrons. The van der Waals surface area contributed by atoms with E-state index in [2.05, 4.69) is 31.0 Å². The SMILES string of the molecule is CC(C)c1cc(Cl)c(OCC(C)N2CCCC(NC(N)=O)C2)c(Cl)c1. The minimum atomic E-state index is -0.473. The molecule has 0 bridgehead atoms.